The van der Waals surface area contributed by atoms with Crippen LogP contribution >= 0.6 is 11.6 Å². The highest BCUT2D eigenvalue weighted by Gasteiger charge is 2.34. The molecule has 0 saturated carbocycles. The van der Waals surface area contributed by atoms with E-state index in [1.165, 1.54) is 6.07 Å². The van der Waals surface area contributed by atoms with Gasteiger partial charge in [0.1, 0.15) is 5.60 Å². The molecular weight excluding hydrogens is 310 g/mol. The number of anilines is 1. The van der Waals surface area contributed by atoms with Crippen molar-refractivity contribution in [3.63, 3.8) is 0 Å². The summed E-state index contributed by atoms with van der Waals surface area (Å²) < 4.78 is 9.64. The molecule has 2 rings (SSSR count). The molecule has 22 heavy (non-hydrogen) atoms. The number of cyclic esters (lactones) is 2. The van der Waals surface area contributed by atoms with Crippen molar-refractivity contribution < 1.29 is 23.9 Å². The Balaban J connectivity index is 2.12. The van der Waals surface area contributed by atoms with E-state index in [1.807, 2.05) is 0 Å². The Morgan fingerprint density at radius 2 is 2.05 bits per heavy atom. The van der Waals surface area contributed by atoms with Gasteiger partial charge in [-0.3, -0.25) is 14.9 Å². The number of esters is 2. The number of rotatable bonds is 2. The van der Waals surface area contributed by atoms with Crippen LogP contribution in [0.15, 0.2) is 18.2 Å². The lowest BCUT2D eigenvalue weighted by molar-refractivity contribution is -0.152. The number of ether oxygens (including phenoxy) is 2. The Labute approximate surface area is 132 Å². The molecule has 0 aliphatic carbocycles. The Morgan fingerprint density at radius 3 is 2.55 bits per heavy atom. The van der Waals surface area contributed by atoms with Gasteiger partial charge in [0.25, 0.3) is 0 Å². The minimum absolute atomic E-state index is 0.00595. The van der Waals surface area contributed by atoms with Crippen LogP contribution in [0.2, 0.25) is 5.02 Å². The normalized spacial score (nSPS) is 18.1. The summed E-state index contributed by atoms with van der Waals surface area (Å²) in [4.78, 5) is 34.4. The zero-order chi connectivity index (χ0) is 16.5. The third kappa shape index (κ3) is 3.98. The van der Waals surface area contributed by atoms with Gasteiger partial charge in [-0.1, -0.05) is 17.7 Å². The molecule has 1 N–H and O–H groups in total. The second-order valence-corrected chi connectivity index (χ2v) is 6.32. The summed E-state index contributed by atoms with van der Waals surface area (Å²) in [5.74, 6) is -1.79. The number of amides is 1. The number of nitrogens with one attached hydrogen (secondary N) is 1. The molecule has 0 radical (unpaired) electrons. The van der Waals surface area contributed by atoms with Crippen LogP contribution in [0.3, 0.4) is 0 Å². The van der Waals surface area contributed by atoms with Gasteiger partial charge < -0.3 is 9.47 Å². The molecule has 7 heteroatoms. The predicted molar refractivity (Wildman–Crippen MR) is 79.8 cm³/mol. The highest BCUT2D eigenvalue weighted by Crippen LogP contribution is 2.32. The summed E-state index contributed by atoms with van der Waals surface area (Å²) in [7, 11) is 0. The topological polar surface area (TPSA) is 81.7 Å². The fraction of sp³-hybridized carbons (Fsp3) is 0.400. The van der Waals surface area contributed by atoms with Gasteiger partial charge in [-0.2, -0.15) is 0 Å². The first-order valence-electron chi connectivity index (χ1n) is 6.70. The van der Waals surface area contributed by atoms with Crippen molar-refractivity contribution in [3.8, 4) is 0 Å². The fourth-order valence-electron chi connectivity index (χ4n) is 1.99. The predicted octanol–water partition coefficient (Wildman–Crippen LogP) is 3.24. The summed E-state index contributed by atoms with van der Waals surface area (Å²) in [6.07, 6.45) is -0.633. The van der Waals surface area contributed by atoms with Crippen molar-refractivity contribution in [2.45, 2.75) is 38.7 Å². The highest BCUT2D eigenvalue weighted by atomic mass is 35.5. The maximum Gasteiger partial charge on any atom is 0.412 e. The molecule has 6 nitrogen and oxygen atoms in total. The van der Waals surface area contributed by atoms with Crippen molar-refractivity contribution in [1.82, 2.24) is 0 Å². The molecule has 0 spiro atoms. The summed E-state index contributed by atoms with van der Waals surface area (Å²) in [6.45, 7) is 5.25. The molecule has 1 fully saturated rings. The van der Waals surface area contributed by atoms with Crippen LogP contribution < -0.4 is 5.32 Å². The summed E-state index contributed by atoms with van der Waals surface area (Å²) >= 11 is 6.10. The molecule has 118 valence electrons. The lowest BCUT2D eigenvalue weighted by Gasteiger charge is -2.20. The average Bonchev–Trinajstić information content (AvgIpc) is 2.68. The summed E-state index contributed by atoms with van der Waals surface area (Å²) in [5, 5.41) is 2.77. The van der Waals surface area contributed by atoms with Crippen LogP contribution in [-0.2, 0) is 19.1 Å². The highest BCUT2D eigenvalue weighted by molar-refractivity contribution is 6.33. The van der Waals surface area contributed by atoms with Crippen LogP contribution in [0.4, 0.5) is 10.5 Å². The molecule has 0 bridgehead atoms. The van der Waals surface area contributed by atoms with E-state index in [4.69, 9.17) is 16.3 Å². The van der Waals surface area contributed by atoms with E-state index in [9.17, 15) is 14.4 Å². The first-order valence-corrected chi connectivity index (χ1v) is 7.07. The number of carbonyl (C=O) groups excluding carboxylic acids is 3. The van der Waals surface area contributed by atoms with Gasteiger partial charge in [0, 0.05) is 0 Å². The van der Waals surface area contributed by atoms with Gasteiger partial charge in [-0.15, -0.1) is 0 Å². The van der Waals surface area contributed by atoms with E-state index in [0.29, 0.717) is 11.3 Å². The van der Waals surface area contributed by atoms with Crippen molar-refractivity contribution >= 4 is 35.3 Å². The molecule has 1 heterocycles. The first-order chi connectivity index (χ1) is 10.2. The Bertz CT molecular complexity index is 635. The molecule has 1 amide bonds. The smallest absolute Gasteiger partial charge is 0.412 e. The van der Waals surface area contributed by atoms with Crippen LogP contribution in [-0.4, -0.2) is 23.6 Å². The van der Waals surface area contributed by atoms with Crippen molar-refractivity contribution in [3.05, 3.63) is 28.8 Å². The molecule has 0 aromatic heterocycles. The Hall–Kier alpha value is -2.08. The molecule has 1 aromatic rings. The first kappa shape index (κ1) is 16.3. The Kier molecular flexibility index (Phi) is 4.42. The molecule has 1 aromatic carbocycles. The van der Waals surface area contributed by atoms with Crippen LogP contribution in [0.5, 0.6) is 0 Å². The monoisotopic (exact) mass is 325 g/mol. The third-order valence-electron chi connectivity index (χ3n) is 2.90. The molecule has 1 unspecified atom stereocenters. The lowest BCUT2D eigenvalue weighted by Crippen LogP contribution is -2.27. The second kappa shape index (κ2) is 5.96. The van der Waals surface area contributed by atoms with Crippen LogP contribution in [0, 0.1) is 0 Å². The number of hydrogen-bond donors (Lipinski definition) is 1. The minimum Gasteiger partial charge on any atom is -0.444 e. The van der Waals surface area contributed by atoms with Gasteiger partial charge >= 0.3 is 18.0 Å². The zero-order valence-corrected chi connectivity index (χ0v) is 13.2. The van der Waals surface area contributed by atoms with Gasteiger partial charge in [0.15, 0.2) is 0 Å². The summed E-state index contributed by atoms with van der Waals surface area (Å²) in [6, 6.07) is 4.69. The largest absolute Gasteiger partial charge is 0.444 e. The SMILES string of the molecule is CC(C)(C)OC(=O)Nc1ccc(C2CC(=O)OC2=O)cc1Cl. The van der Waals surface area contributed by atoms with Crippen molar-refractivity contribution in [2.24, 2.45) is 0 Å². The average molecular weight is 326 g/mol. The van der Waals surface area contributed by atoms with Crippen molar-refractivity contribution in [1.29, 1.82) is 0 Å². The van der Waals surface area contributed by atoms with E-state index in [1.54, 1.807) is 32.9 Å². The quantitative estimate of drug-likeness (QED) is 0.666. The number of benzene rings is 1. The van der Waals surface area contributed by atoms with E-state index in [-0.39, 0.29) is 11.4 Å². The van der Waals surface area contributed by atoms with E-state index in [0.717, 1.165) is 0 Å². The van der Waals surface area contributed by atoms with E-state index in [2.05, 4.69) is 10.1 Å². The second-order valence-electron chi connectivity index (χ2n) is 5.92. The number of carbonyl (C=O) groups is 3. The molecular formula is C15H16ClNO5. The fourth-order valence-corrected chi connectivity index (χ4v) is 2.23. The maximum atomic E-state index is 11.7. The standard InChI is InChI=1S/C15H16ClNO5/c1-15(2,3)22-14(20)17-11-5-4-8(6-10(11)16)9-7-12(18)21-13(9)19/h4-6,9H,7H2,1-3H3,(H,17,20). The maximum absolute atomic E-state index is 11.7. The van der Waals surface area contributed by atoms with E-state index < -0.39 is 29.6 Å². The number of halogens is 1. The molecule has 1 aliphatic rings. The molecule has 1 atom stereocenters. The van der Waals surface area contributed by atoms with Gasteiger partial charge in [0.05, 0.1) is 23.0 Å². The molecule has 1 aliphatic heterocycles. The van der Waals surface area contributed by atoms with Gasteiger partial charge in [0.2, 0.25) is 0 Å². The zero-order valence-electron chi connectivity index (χ0n) is 12.4. The lowest BCUT2D eigenvalue weighted by atomic mass is 9.97. The van der Waals surface area contributed by atoms with Crippen molar-refractivity contribution in [2.75, 3.05) is 5.32 Å². The minimum atomic E-state index is -0.652. The number of hydrogen-bond acceptors (Lipinski definition) is 5. The molecule has 1 saturated heterocycles. The van der Waals surface area contributed by atoms with Crippen LogP contribution in [0.25, 0.3) is 0 Å². The Morgan fingerprint density at radius 1 is 1.36 bits per heavy atom. The summed E-state index contributed by atoms with van der Waals surface area (Å²) in [5.41, 5.74) is 0.303. The van der Waals surface area contributed by atoms with E-state index >= 15 is 0 Å². The van der Waals surface area contributed by atoms with Gasteiger partial charge in [-0.05, 0) is 38.5 Å². The van der Waals surface area contributed by atoms with Gasteiger partial charge in [-0.25, -0.2) is 4.79 Å². The van der Waals surface area contributed by atoms with Crippen LogP contribution in [0.1, 0.15) is 38.7 Å². The third-order valence-corrected chi connectivity index (χ3v) is 3.21.